The van der Waals surface area contributed by atoms with Gasteiger partial charge in [0, 0.05) is 31.2 Å². The first-order valence-corrected chi connectivity index (χ1v) is 7.06. The monoisotopic (exact) mass is 281 g/mol. The number of rotatable bonds is 5. The maximum atomic E-state index is 5.71. The van der Waals surface area contributed by atoms with E-state index in [1.54, 1.807) is 0 Å². The van der Waals surface area contributed by atoms with E-state index in [0.29, 0.717) is 0 Å². The summed E-state index contributed by atoms with van der Waals surface area (Å²) < 4.78 is 2.03. The highest BCUT2D eigenvalue weighted by Gasteiger charge is 2.13. The Bertz CT molecular complexity index is 734. The SMILES string of the molecule is Cn1ccnc1CCC(NN)c1ccc2ccccc2n1. The van der Waals surface area contributed by atoms with Crippen molar-refractivity contribution in [3.8, 4) is 0 Å². The maximum absolute atomic E-state index is 5.71. The molecule has 0 aliphatic heterocycles. The van der Waals surface area contributed by atoms with Crippen molar-refractivity contribution in [1.82, 2.24) is 20.0 Å². The summed E-state index contributed by atoms with van der Waals surface area (Å²) in [6, 6.07) is 12.2. The second-order valence-corrected chi connectivity index (χ2v) is 5.14. The molecule has 1 atom stereocenters. The molecule has 5 heteroatoms. The fraction of sp³-hybridized carbons (Fsp3) is 0.250. The lowest BCUT2D eigenvalue weighted by molar-refractivity contribution is 0.497. The molecule has 0 aliphatic rings. The largest absolute Gasteiger partial charge is 0.338 e. The third kappa shape index (κ3) is 2.94. The van der Waals surface area contributed by atoms with Crippen molar-refractivity contribution in [1.29, 1.82) is 0 Å². The first kappa shape index (κ1) is 13.7. The summed E-state index contributed by atoms with van der Waals surface area (Å²) >= 11 is 0. The number of aryl methyl sites for hydroxylation is 2. The molecule has 0 spiro atoms. The van der Waals surface area contributed by atoms with Gasteiger partial charge in [-0.05, 0) is 18.6 Å². The van der Waals surface area contributed by atoms with Gasteiger partial charge >= 0.3 is 0 Å². The van der Waals surface area contributed by atoms with Crippen molar-refractivity contribution >= 4 is 10.9 Å². The number of imidazole rings is 1. The summed E-state index contributed by atoms with van der Waals surface area (Å²) in [4.78, 5) is 9.04. The molecule has 5 nitrogen and oxygen atoms in total. The zero-order chi connectivity index (χ0) is 14.7. The average molecular weight is 281 g/mol. The van der Waals surface area contributed by atoms with E-state index in [1.807, 2.05) is 48.3 Å². The Balaban J connectivity index is 1.79. The van der Waals surface area contributed by atoms with Crippen molar-refractivity contribution in [2.45, 2.75) is 18.9 Å². The lowest BCUT2D eigenvalue weighted by Gasteiger charge is -2.15. The van der Waals surface area contributed by atoms with Crippen LogP contribution in [0.15, 0.2) is 48.8 Å². The molecule has 3 aromatic rings. The Morgan fingerprint density at radius 2 is 2.10 bits per heavy atom. The summed E-state index contributed by atoms with van der Waals surface area (Å²) in [5.41, 5.74) is 4.82. The molecule has 2 heterocycles. The quantitative estimate of drug-likeness (QED) is 0.555. The van der Waals surface area contributed by atoms with Gasteiger partial charge in [-0.15, -0.1) is 0 Å². The van der Waals surface area contributed by atoms with Crippen LogP contribution in [0.2, 0.25) is 0 Å². The van der Waals surface area contributed by atoms with Crippen molar-refractivity contribution in [2.24, 2.45) is 12.9 Å². The van der Waals surface area contributed by atoms with Crippen molar-refractivity contribution in [3.05, 3.63) is 60.3 Å². The van der Waals surface area contributed by atoms with Gasteiger partial charge in [-0.3, -0.25) is 16.3 Å². The lowest BCUT2D eigenvalue weighted by Crippen LogP contribution is -2.29. The normalized spacial score (nSPS) is 12.7. The smallest absolute Gasteiger partial charge is 0.108 e. The van der Waals surface area contributed by atoms with Gasteiger partial charge in [0.2, 0.25) is 0 Å². The fourth-order valence-corrected chi connectivity index (χ4v) is 2.50. The molecule has 0 bridgehead atoms. The van der Waals surface area contributed by atoms with E-state index >= 15 is 0 Å². The summed E-state index contributed by atoms with van der Waals surface area (Å²) in [5, 5.41) is 1.14. The Morgan fingerprint density at radius 3 is 2.86 bits per heavy atom. The molecule has 108 valence electrons. The van der Waals surface area contributed by atoms with Crippen molar-refractivity contribution in [2.75, 3.05) is 0 Å². The zero-order valence-electron chi connectivity index (χ0n) is 12.0. The van der Waals surface area contributed by atoms with Crippen LogP contribution in [0.25, 0.3) is 10.9 Å². The van der Waals surface area contributed by atoms with E-state index in [9.17, 15) is 0 Å². The minimum absolute atomic E-state index is 0.0197. The predicted molar refractivity (Wildman–Crippen MR) is 83.3 cm³/mol. The number of aromatic nitrogens is 3. The van der Waals surface area contributed by atoms with E-state index in [2.05, 4.69) is 22.5 Å². The van der Waals surface area contributed by atoms with Gasteiger partial charge in [-0.1, -0.05) is 24.3 Å². The Kier molecular flexibility index (Phi) is 3.94. The van der Waals surface area contributed by atoms with Gasteiger partial charge in [0.05, 0.1) is 17.3 Å². The molecule has 2 aromatic heterocycles. The lowest BCUT2D eigenvalue weighted by atomic mass is 10.1. The van der Waals surface area contributed by atoms with Gasteiger partial charge < -0.3 is 4.57 Å². The Hall–Kier alpha value is -2.24. The van der Waals surface area contributed by atoms with Crippen LogP contribution in [-0.4, -0.2) is 14.5 Å². The standard InChI is InChI=1S/C16H19N5/c1-21-11-10-18-16(21)9-8-15(20-17)14-7-6-12-4-2-3-5-13(12)19-14/h2-7,10-11,15,20H,8-9,17H2,1H3. The second-order valence-electron chi connectivity index (χ2n) is 5.14. The van der Waals surface area contributed by atoms with Crippen LogP contribution in [0.1, 0.15) is 24.0 Å². The number of hydrazine groups is 1. The average Bonchev–Trinajstić information content (AvgIpc) is 2.93. The van der Waals surface area contributed by atoms with E-state index in [-0.39, 0.29) is 6.04 Å². The van der Waals surface area contributed by atoms with E-state index in [4.69, 9.17) is 10.8 Å². The van der Waals surface area contributed by atoms with Crippen molar-refractivity contribution < 1.29 is 0 Å². The highest BCUT2D eigenvalue weighted by molar-refractivity contribution is 5.78. The minimum Gasteiger partial charge on any atom is -0.338 e. The van der Waals surface area contributed by atoms with Gasteiger partial charge in [0.1, 0.15) is 5.82 Å². The van der Waals surface area contributed by atoms with Gasteiger partial charge in [-0.2, -0.15) is 0 Å². The number of nitrogens with two attached hydrogens (primary N) is 1. The highest BCUT2D eigenvalue weighted by atomic mass is 15.2. The molecule has 0 saturated carbocycles. The summed E-state index contributed by atoms with van der Waals surface area (Å²) in [5.74, 6) is 6.76. The number of nitrogens with one attached hydrogen (secondary N) is 1. The van der Waals surface area contributed by atoms with Crippen LogP contribution < -0.4 is 11.3 Å². The number of pyridine rings is 1. The zero-order valence-corrected chi connectivity index (χ0v) is 12.0. The number of para-hydroxylation sites is 1. The molecule has 0 radical (unpaired) electrons. The molecule has 3 rings (SSSR count). The Morgan fingerprint density at radius 1 is 1.24 bits per heavy atom. The number of nitrogens with zero attached hydrogens (tertiary/aromatic N) is 3. The topological polar surface area (TPSA) is 68.8 Å². The molecule has 3 N–H and O–H groups in total. The van der Waals surface area contributed by atoms with Crippen LogP contribution in [0, 0.1) is 0 Å². The number of benzene rings is 1. The van der Waals surface area contributed by atoms with Crippen LogP contribution in [0.3, 0.4) is 0 Å². The number of hydrogen-bond donors (Lipinski definition) is 2. The van der Waals surface area contributed by atoms with Gasteiger partial charge in [0.15, 0.2) is 0 Å². The molecular formula is C16H19N5. The number of fused-ring (bicyclic) bond motifs is 1. The number of hydrogen-bond acceptors (Lipinski definition) is 4. The van der Waals surface area contributed by atoms with Crippen LogP contribution in [0.4, 0.5) is 0 Å². The molecule has 0 fully saturated rings. The first-order chi connectivity index (χ1) is 10.3. The predicted octanol–water partition coefficient (Wildman–Crippen LogP) is 2.11. The van der Waals surface area contributed by atoms with Crippen LogP contribution >= 0.6 is 0 Å². The fourth-order valence-electron chi connectivity index (χ4n) is 2.50. The third-order valence-corrected chi connectivity index (χ3v) is 3.76. The van der Waals surface area contributed by atoms with E-state index in [0.717, 1.165) is 35.3 Å². The van der Waals surface area contributed by atoms with Crippen LogP contribution in [-0.2, 0) is 13.5 Å². The molecule has 1 unspecified atom stereocenters. The van der Waals surface area contributed by atoms with Crippen molar-refractivity contribution in [3.63, 3.8) is 0 Å². The molecule has 0 amide bonds. The van der Waals surface area contributed by atoms with E-state index in [1.165, 1.54) is 0 Å². The molecule has 1 aromatic carbocycles. The molecule has 0 saturated heterocycles. The summed E-state index contributed by atoms with van der Waals surface area (Å²) in [6.45, 7) is 0. The van der Waals surface area contributed by atoms with Gasteiger partial charge in [-0.25, -0.2) is 4.98 Å². The van der Waals surface area contributed by atoms with Gasteiger partial charge in [0.25, 0.3) is 0 Å². The summed E-state index contributed by atoms with van der Waals surface area (Å²) in [7, 11) is 2.00. The first-order valence-electron chi connectivity index (χ1n) is 7.06. The van der Waals surface area contributed by atoms with E-state index < -0.39 is 0 Å². The molecule has 0 aliphatic carbocycles. The molecule has 21 heavy (non-hydrogen) atoms. The highest BCUT2D eigenvalue weighted by Crippen LogP contribution is 2.19. The maximum Gasteiger partial charge on any atom is 0.108 e. The van der Waals surface area contributed by atoms with Crippen LogP contribution in [0.5, 0.6) is 0 Å². The second kappa shape index (κ2) is 6.03. The minimum atomic E-state index is 0.0197. The Labute approximate surface area is 123 Å². The summed E-state index contributed by atoms with van der Waals surface area (Å²) in [6.07, 6.45) is 5.47. The molecular weight excluding hydrogens is 262 g/mol. The third-order valence-electron chi connectivity index (χ3n) is 3.76.